The fourth-order valence-corrected chi connectivity index (χ4v) is 2.41. The normalized spacial score (nSPS) is 15.0. The molecule has 0 radical (unpaired) electrons. The molecular formula is C18H29N3O. The summed E-state index contributed by atoms with van der Waals surface area (Å²) in [5, 5.41) is 3.41. The lowest BCUT2D eigenvalue weighted by Gasteiger charge is -2.23. The molecule has 1 fully saturated rings. The van der Waals surface area contributed by atoms with Gasteiger partial charge in [-0.05, 0) is 43.2 Å². The maximum atomic E-state index is 5.65. The largest absolute Gasteiger partial charge is 0.381 e. The maximum absolute atomic E-state index is 5.65. The first kappa shape index (κ1) is 16.8. The smallest absolute Gasteiger partial charge is 0.193 e. The van der Waals surface area contributed by atoms with Crippen molar-refractivity contribution in [2.45, 2.75) is 32.7 Å². The van der Waals surface area contributed by atoms with Crippen LogP contribution in [0, 0.1) is 12.8 Å². The van der Waals surface area contributed by atoms with Crippen molar-refractivity contribution in [3.05, 3.63) is 35.4 Å². The molecule has 0 amide bonds. The second-order valence-electron chi connectivity index (χ2n) is 6.13. The second kappa shape index (κ2) is 8.79. The van der Waals surface area contributed by atoms with Gasteiger partial charge in [-0.1, -0.05) is 24.3 Å². The molecule has 4 heteroatoms. The lowest BCUT2D eigenvalue weighted by molar-refractivity contribution is 0.122. The summed E-state index contributed by atoms with van der Waals surface area (Å²) in [6, 6.07) is 8.48. The lowest BCUT2D eigenvalue weighted by atomic mass is 10.1. The highest BCUT2D eigenvalue weighted by Gasteiger charge is 2.20. The fraction of sp³-hybridized carbons (Fsp3) is 0.611. The van der Waals surface area contributed by atoms with E-state index in [1.54, 1.807) is 0 Å². The standard InChI is InChI=1S/C18H29N3O/c1-15-7-4-5-8-17(15)13-21(3)18(19-2)20-11-6-12-22-14-16-9-10-16/h4-5,7-8,16H,6,9-14H2,1-3H3,(H,19,20). The molecule has 1 aromatic carbocycles. The third-order valence-corrected chi connectivity index (χ3v) is 4.04. The number of hydrogen-bond acceptors (Lipinski definition) is 2. The molecule has 0 aromatic heterocycles. The van der Waals surface area contributed by atoms with Crippen LogP contribution in [-0.2, 0) is 11.3 Å². The lowest BCUT2D eigenvalue weighted by Crippen LogP contribution is -2.39. The van der Waals surface area contributed by atoms with E-state index in [0.29, 0.717) is 0 Å². The first-order valence-corrected chi connectivity index (χ1v) is 8.24. The average molecular weight is 303 g/mol. The predicted molar refractivity (Wildman–Crippen MR) is 92.2 cm³/mol. The number of rotatable bonds is 8. The summed E-state index contributed by atoms with van der Waals surface area (Å²) in [7, 11) is 3.91. The van der Waals surface area contributed by atoms with Gasteiger partial charge in [0.15, 0.2) is 5.96 Å². The summed E-state index contributed by atoms with van der Waals surface area (Å²) in [5.74, 6) is 1.78. The Morgan fingerprint density at radius 1 is 1.36 bits per heavy atom. The van der Waals surface area contributed by atoms with Crippen LogP contribution in [0.25, 0.3) is 0 Å². The second-order valence-corrected chi connectivity index (χ2v) is 6.13. The van der Waals surface area contributed by atoms with Crippen LogP contribution in [0.1, 0.15) is 30.4 Å². The summed E-state index contributed by atoms with van der Waals surface area (Å²) in [6.07, 6.45) is 3.73. The number of nitrogens with one attached hydrogen (secondary N) is 1. The molecule has 0 bridgehead atoms. The Bertz CT molecular complexity index is 483. The van der Waals surface area contributed by atoms with Gasteiger partial charge in [-0.2, -0.15) is 0 Å². The van der Waals surface area contributed by atoms with Crippen molar-refractivity contribution in [3.8, 4) is 0 Å². The zero-order valence-electron chi connectivity index (χ0n) is 14.1. The first-order valence-electron chi connectivity index (χ1n) is 8.24. The molecule has 4 nitrogen and oxygen atoms in total. The summed E-state index contributed by atoms with van der Waals surface area (Å²) >= 11 is 0. The van der Waals surface area contributed by atoms with Crippen LogP contribution >= 0.6 is 0 Å². The molecule has 0 spiro atoms. The van der Waals surface area contributed by atoms with Gasteiger partial charge >= 0.3 is 0 Å². The zero-order chi connectivity index (χ0) is 15.8. The molecular weight excluding hydrogens is 274 g/mol. The van der Waals surface area contributed by atoms with Crippen molar-refractivity contribution in [2.75, 3.05) is 33.9 Å². The molecule has 0 aliphatic heterocycles. The summed E-state index contributed by atoms with van der Waals surface area (Å²) < 4.78 is 5.65. The van der Waals surface area contributed by atoms with E-state index >= 15 is 0 Å². The zero-order valence-corrected chi connectivity index (χ0v) is 14.1. The van der Waals surface area contributed by atoms with Crippen molar-refractivity contribution in [2.24, 2.45) is 10.9 Å². The Morgan fingerprint density at radius 2 is 2.14 bits per heavy atom. The van der Waals surface area contributed by atoms with E-state index in [4.69, 9.17) is 4.74 Å². The van der Waals surface area contributed by atoms with E-state index < -0.39 is 0 Å². The van der Waals surface area contributed by atoms with Crippen LogP contribution in [0.4, 0.5) is 0 Å². The fourth-order valence-electron chi connectivity index (χ4n) is 2.41. The van der Waals surface area contributed by atoms with E-state index in [-0.39, 0.29) is 0 Å². The third-order valence-electron chi connectivity index (χ3n) is 4.04. The highest BCUT2D eigenvalue weighted by Crippen LogP contribution is 2.28. The molecule has 1 aliphatic rings. The molecule has 1 N–H and O–H groups in total. The van der Waals surface area contributed by atoms with Crippen molar-refractivity contribution in [1.82, 2.24) is 10.2 Å². The molecule has 1 aromatic rings. The molecule has 1 aliphatic carbocycles. The monoisotopic (exact) mass is 303 g/mol. The number of nitrogens with zero attached hydrogens (tertiary/aromatic N) is 2. The molecule has 0 heterocycles. The Hall–Kier alpha value is -1.55. The van der Waals surface area contributed by atoms with Crippen LogP contribution < -0.4 is 5.32 Å². The van der Waals surface area contributed by atoms with Crippen molar-refractivity contribution < 1.29 is 4.74 Å². The van der Waals surface area contributed by atoms with Gasteiger partial charge in [0.05, 0.1) is 0 Å². The summed E-state index contributed by atoms with van der Waals surface area (Å²) in [5.41, 5.74) is 2.65. The molecule has 122 valence electrons. The quantitative estimate of drug-likeness (QED) is 0.456. The number of hydrogen-bond donors (Lipinski definition) is 1. The Labute approximate surface area is 134 Å². The van der Waals surface area contributed by atoms with E-state index in [2.05, 4.69) is 53.4 Å². The van der Waals surface area contributed by atoms with Crippen LogP contribution in [-0.4, -0.2) is 44.7 Å². The predicted octanol–water partition coefficient (Wildman–Crippen LogP) is 2.82. The van der Waals surface area contributed by atoms with Gasteiger partial charge in [0, 0.05) is 40.4 Å². The Kier molecular flexibility index (Phi) is 6.72. The molecule has 0 unspecified atom stereocenters. The molecule has 1 saturated carbocycles. The number of benzene rings is 1. The van der Waals surface area contributed by atoms with Gasteiger partial charge < -0.3 is 15.0 Å². The number of guanidine groups is 1. The van der Waals surface area contributed by atoms with Crippen molar-refractivity contribution in [1.29, 1.82) is 0 Å². The van der Waals surface area contributed by atoms with Gasteiger partial charge in [-0.3, -0.25) is 4.99 Å². The van der Waals surface area contributed by atoms with E-state index in [1.807, 2.05) is 7.05 Å². The molecule has 2 rings (SSSR count). The topological polar surface area (TPSA) is 36.9 Å². The Balaban J connectivity index is 1.67. The van der Waals surface area contributed by atoms with Crippen molar-refractivity contribution in [3.63, 3.8) is 0 Å². The van der Waals surface area contributed by atoms with Crippen LogP contribution in [0.15, 0.2) is 29.3 Å². The van der Waals surface area contributed by atoms with Gasteiger partial charge in [-0.25, -0.2) is 0 Å². The number of aryl methyl sites for hydroxylation is 1. The van der Waals surface area contributed by atoms with Crippen molar-refractivity contribution >= 4 is 5.96 Å². The van der Waals surface area contributed by atoms with E-state index in [0.717, 1.165) is 44.6 Å². The SMILES string of the molecule is CN=C(NCCCOCC1CC1)N(C)Cc1ccccc1C. The van der Waals surface area contributed by atoms with Gasteiger partial charge in [0.1, 0.15) is 0 Å². The summed E-state index contributed by atoms with van der Waals surface area (Å²) in [6.45, 7) is 5.69. The number of aliphatic imine (C=N–C) groups is 1. The van der Waals surface area contributed by atoms with Gasteiger partial charge in [-0.15, -0.1) is 0 Å². The molecule has 0 atom stereocenters. The minimum Gasteiger partial charge on any atom is -0.381 e. The Morgan fingerprint density at radius 3 is 2.82 bits per heavy atom. The van der Waals surface area contributed by atoms with E-state index in [9.17, 15) is 0 Å². The van der Waals surface area contributed by atoms with Crippen LogP contribution in [0.5, 0.6) is 0 Å². The van der Waals surface area contributed by atoms with Crippen LogP contribution in [0.3, 0.4) is 0 Å². The first-order chi connectivity index (χ1) is 10.7. The average Bonchev–Trinajstić information content (AvgIpc) is 3.33. The van der Waals surface area contributed by atoms with Gasteiger partial charge in [0.2, 0.25) is 0 Å². The van der Waals surface area contributed by atoms with Gasteiger partial charge in [0.25, 0.3) is 0 Å². The summed E-state index contributed by atoms with van der Waals surface area (Å²) in [4.78, 5) is 6.52. The highest BCUT2D eigenvalue weighted by atomic mass is 16.5. The third kappa shape index (κ3) is 5.68. The minimum absolute atomic E-state index is 0.835. The minimum atomic E-state index is 0.835. The van der Waals surface area contributed by atoms with E-state index in [1.165, 1.54) is 24.0 Å². The highest BCUT2D eigenvalue weighted by molar-refractivity contribution is 5.79. The number of ether oxygens (including phenoxy) is 1. The van der Waals surface area contributed by atoms with Crippen LogP contribution in [0.2, 0.25) is 0 Å². The molecule has 0 saturated heterocycles. The maximum Gasteiger partial charge on any atom is 0.193 e. The molecule has 22 heavy (non-hydrogen) atoms.